The number of hydrogen-bond acceptors (Lipinski definition) is 2. The van der Waals surface area contributed by atoms with Crippen LogP contribution in [0.25, 0.3) is 0 Å². The highest BCUT2D eigenvalue weighted by atomic mass is 79.9. The molecule has 20 heavy (non-hydrogen) atoms. The molecule has 1 aromatic rings. The Labute approximate surface area is 126 Å². The van der Waals surface area contributed by atoms with Crippen molar-refractivity contribution in [3.63, 3.8) is 0 Å². The Kier molecular flexibility index (Phi) is 4.81. The van der Waals surface area contributed by atoms with Crippen LogP contribution >= 0.6 is 15.9 Å². The molecule has 0 radical (unpaired) electrons. The van der Waals surface area contributed by atoms with Crippen molar-refractivity contribution in [2.45, 2.75) is 38.1 Å². The fourth-order valence-corrected chi connectivity index (χ4v) is 2.87. The summed E-state index contributed by atoms with van der Waals surface area (Å²) in [7, 11) is 0. The lowest BCUT2D eigenvalue weighted by Crippen LogP contribution is -2.40. The topological polar surface area (TPSA) is 57.6 Å². The maximum atomic E-state index is 12.3. The van der Waals surface area contributed by atoms with Crippen molar-refractivity contribution in [2.24, 2.45) is 0 Å². The van der Waals surface area contributed by atoms with Gasteiger partial charge in [0.15, 0.2) is 0 Å². The second kappa shape index (κ2) is 6.39. The zero-order valence-electron chi connectivity index (χ0n) is 11.4. The zero-order chi connectivity index (χ0) is 14.7. The van der Waals surface area contributed by atoms with Gasteiger partial charge in [0, 0.05) is 17.4 Å². The maximum absolute atomic E-state index is 12.3. The smallest absolute Gasteiger partial charge is 0.326 e. The number of carboxylic acids is 1. The van der Waals surface area contributed by atoms with E-state index in [2.05, 4.69) is 15.9 Å². The van der Waals surface area contributed by atoms with Crippen molar-refractivity contribution in [2.75, 3.05) is 6.54 Å². The van der Waals surface area contributed by atoms with E-state index in [0.717, 1.165) is 16.5 Å². The summed E-state index contributed by atoms with van der Waals surface area (Å²) in [5.41, 5.74) is 1.09. The van der Waals surface area contributed by atoms with Crippen molar-refractivity contribution in [1.82, 2.24) is 4.90 Å². The van der Waals surface area contributed by atoms with Crippen molar-refractivity contribution < 1.29 is 14.7 Å². The van der Waals surface area contributed by atoms with Crippen LogP contribution in [0.4, 0.5) is 0 Å². The van der Waals surface area contributed by atoms with Crippen molar-refractivity contribution in [3.8, 4) is 0 Å². The average molecular weight is 340 g/mol. The first-order valence-electron chi connectivity index (χ1n) is 6.76. The summed E-state index contributed by atoms with van der Waals surface area (Å²) >= 11 is 3.38. The van der Waals surface area contributed by atoms with Crippen LogP contribution in [-0.2, 0) is 9.59 Å². The van der Waals surface area contributed by atoms with E-state index < -0.39 is 12.0 Å². The number of halogens is 1. The summed E-state index contributed by atoms with van der Waals surface area (Å²) in [5.74, 6) is -0.872. The molecule has 0 spiro atoms. The second-order valence-electron chi connectivity index (χ2n) is 5.24. The van der Waals surface area contributed by atoms with Crippen LogP contribution in [0.2, 0.25) is 0 Å². The zero-order valence-corrected chi connectivity index (χ0v) is 13.0. The molecule has 0 aromatic heterocycles. The van der Waals surface area contributed by atoms with Crippen molar-refractivity contribution >= 4 is 27.8 Å². The number of carbonyl (C=O) groups excluding carboxylic acids is 1. The molecule has 1 aromatic carbocycles. The third-order valence-corrected chi connectivity index (χ3v) is 4.31. The first kappa shape index (κ1) is 15.0. The van der Waals surface area contributed by atoms with Crippen LogP contribution in [0.3, 0.4) is 0 Å². The van der Waals surface area contributed by atoms with Gasteiger partial charge in [-0.1, -0.05) is 35.0 Å². The lowest BCUT2D eigenvalue weighted by Gasteiger charge is -2.23. The average Bonchev–Trinajstić information content (AvgIpc) is 2.88. The molecule has 0 bridgehead atoms. The lowest BCUT2D eigenvalue weighted by molar-refractivity contribution is -0.148. The van der Waals surface area contributed by atoms with Gasteiger partial charge in [-0.15, -0.1) is 0 Å². The predicted molar refractivity (Wildman–Crippen MR) is 79.5 cm³/mol. The van der Waals surface area contributed by atoms with E-state index in [9.17, 15) is 9.59 Å². The number of likely N-dealkylation sites (tertiary alicyclic amines) is 1. The number of carboxylic acid groups (broad SMARTS) is 1. The van der Waals surface area contributed by atoms with Crippen molar-refractivity contribution in [3.05, 3.63) is 34.3 Å². The van der Waals surface area contributed by atoms with Crippen LogP contribution < -0.4 is 0 Å². The van der Waals surface area contributed by atoms with E-state index in [1.807, 2.05) is 31.2 Å². The summed E-state index contributed by atoms with van der Waals surface area (Å²) in [4.78, 5) is 24.9. The molecule has 4 nitrogen and oxygen atoms in total. The van der Waals surface area contributed by atoms with E-state index in [1.54, 1.807) is 0 Å². The van der Waals surface area contributed by atoms with Gasteiger partial charge in [0.05, 0.1) is 0 Å². The third-order valence-electron chi connectivity index (χ3n) is 3.78. The summed E-state index contributed by atoms with van der Waals surface area (Å²) in [6.07, 6.45) is 1.69. The van der Waals surface area contributed by atoms with E-state index in [-0.39, 0.29) is 11.8 Å². The normalized spacial score (nSPS) is 19.9. The Bertz CT molecular complexity index is 500. The first-order chi connectivity index (χ1) is 9.49. The number of aliphatic carboxylic acids is 1. The maximum Gasteiger partial charge on any atom is 0.326 e. The molecule has 1 fully saturated rings. The Hall–Kier alpha value is -1.36. The van der Waals surface area contributed by atoms with E-state index in [4.69, 9.17) is 5.11 Å². The number of hydrogen-bond donors (Lipinski definition) is 1. The van der Waals surface area contributed by atoms with Crippen molar-refractivity contribution in [1.29, 1.82) is 0 Å². The Balaban J connectivity index is 2.00. The van der Waals surface area contributed by atoms with Gasteiger partial charge >= 0.3 is 5.97 Å². The summed E-state index contributed by atoms with van der Waals surface area (Å²) in [6.45, 7) is 2.55. The predicted octanol–water partition coefficient (Wildman–Crippen LogP) is 3.02. The van der Waals surface area contributed by atoms with Gasteiger partial charge < -0.3 is 10.0 Å². The minimum atomic E-state index is -0.896. The molecule has 1 heterocycles. The number of carbonyl (C=O) groups is 2. The standard InChI is InChI=1S/C15H18BrNO3/c1-10(11-4-6-12(16)7-5-11)9-14(18)17-8-2-3-13(17)15(19)20/h4-7,10,13H,2-3,8-9H2,1H3,(H,19,20). The lowest BCUT2D eigenvalue weighted by atomic mass is 9.97. The summed E-state index contributed by atoms with van der Waals surface area (Å²) in [5, 5.41) is 9.12. The fourth-order valence-electron chi connectivity index (χ4n) is 2.61. The van der Waals surface area contributed by atoms with Gasteiger partial charge in [0.25, 0.3) is 0 Å². The molecule has 1 aliphatic rings. The molecule has 5 heteroatoms. The van der Waals surface area contributed by atoms with Crippen LogP contribution in [0, 0.1) is 0 Å². The molecule has 1 aliphatic heterocycles. The molecule has 1 N–H and O–H groups in total. The molecule has 108 valence electrons. The Morgan fingerprint density at radius 2 is 2.05 bits per heavy atom. The monoisotopic (exact) mass is 339 g/mol. The van der Waals surface area contributed by atoms with Gasteiger partial charge in [-0.25, -0.2) is 4.79 Å². The molecular formula is C15H18BrNO3. The van der Waals surface area contributed by atoms with Crippen LogP contribution in [-0.4, -0.2) is 34.5 Å². The minimum Gasteiger partial charge on any atom is -0.480 e. The third kappa shape index (κ3) is 3.39. The fraction of sp³-hybridized carbons (Fsp3) is 0.467. The quantitative estimate of drug-likeness (QED) is 0.917. The van der Waals surface area contributed by atoms with Gasteiger partial charge in [-0.3, -0.25) is 4.79 Å². The highest BCUT2D eigenvalue weighted by Gasteiger charge is 2.34. The number of rotatable bonds is 4. The SMILES string of the molecule is CC(CC(=O)N1CCCC1C(=O)O)c1ccc(Br)cc1. The molecule has 2 atom stereocenters. The molecule has 0 aliphatic carbocycles. The highest BCUT2D eigenvalue weighted by Crippen LogP contribution is 2.25. The van der Waals surface area contributed by atoms with Gasteiger partial charge in [-0.05, 0) is 36.5 Å². The number of amides is 1. The molecule has 2 unspecified atom stereocenters. The van der Waals surface area contributed by atoms with Gasteiger partial charge in [0.2, 0.25) is 5.91 Å². The first-order valence-corrected chi connectivity index (χ1v) is 7.56. The number of benzene rings is 1. The van der Waals surface area contributed by atoms with E-state index >= 15 is 0 Å². The van der Waals surface area contributed by atoms with Gasteiger partial charge in [0.1, 0.15) is 6.04 Å². The van der Waals surface area contributed by atoms with Crippen LogP contribution in [0.5, 0.6) is 0 Å². The molecular weight excluding hydrogens is 322 g/mol. The van der Waals surface area contributed by atoms with Crippen LogP contribution in [0.1, 0.15) is 37.7 Å². The molecule has 1 saturated heterocycles. The molecule has 2 rings (SSSR count). The minimum absolute atomic E-state index is 0.0645. The number of nitrogens with zero attached hydrogens (tertiary/aromatic N) is 1. The Morgan fingerprint density at radius 3 is 2.65 bits per heavy atom. The second-order valence-corrected chi connectivity index (χ2v) is 6.16. The van der Waals surface area contributed by atoms with Crippen LogP contribution in [0.15, 0.2) is 28.7 Å². The largest absolute Gasteiger partial charge is 0.480 e. The highest BCUT2D eigenvalue weighted by molar-refractivity contribution is 9.10. The van der Waals surface area contributed by atoms with Gasteiger partial charge in [-0.2, -0.15) is 0 Å². The summed E-state index contributed by atoms with van der Waals surface area (Å²) in [6, 6.07) is 7.24. The van der Waals surface area contributed by atoms with E-state index in [0.29, 0.717) is 19.4 Å². The Morgan fingerprint density at radius 1 is 1.40 bits per heavy atom. The van der Waals surface area contributed by atoms with E-state index in [1.165, 1.54) is 4.90 Å². The molecule has 1 amide bonds. The molecule has 0 saturated carbocycles. The summed E-state index contributed by atoms with van der Waals surface area (Å²) < 4.78 is 1.00.